The monoisotopic (exact) mass is 394 g/mol. The molecule has 0 radical (unpaired) electrons. The molecule has 1 unspecified atom stereocenters. The minimum Gasteiger partial charge on any atom is -0.336 e. The minimum absolute atomic E-state index is 0.139. The first-order valence-electron chi connectivity index (χ1n) is 10.2. The average Bonchev–Trinajstić information content (AvgIpc) is 3.03. The molecular formula is C19H30N4O3S. The van der Waals surface area contributed by atoms with E-state index in [2.05, 4.69) is 14.9 Å². The number of aryl methyl sites for hydroxylation is 1. The van der Waals surface area contributed by atoms with Crippen molar-refractivity contribution in [1.82, 2.24) is 19.8 Å². The van der Waals surface area contributed by atoms with Gasteiger partial charge in [0.15, 0.2) is 9.84 Å². The Labute approximate surface area is 161 Å². The summed E-state index contributed by atoms with van der Waals surface area (Å²) >= 11 is 0. The highest BCUT2D eigenvalue weighted by Gasteiger charge is 2.46. The molecule has 3 heterocycles. The molecule has 1 aromatic heterocycles. The van der Waals surface area contributed by atoms with Crippen molar-refractivity contribution in [2.24, 2.45) is 0 Å². The van der Waals surface area contributed by atoms with Gasteiger partial charge in [0, 0.05) is 50.2 Å². The summed E-state index contributed by atoms with van der Waals surface area (Å²) in [4.78, 5) is 19.2. The highest BCUT2D eigenvalue weighted by Crippen LogP contribution is 2.38. The SMILES string of the molecule is CS(=O)(=O)C1(CNC(=O)N2CCCC(c3ncc4n3CCCC4)C2)CCC1. The standard InChI is InChI=1S/C19H30N4O3S/c1-27(25,26)19(8-5-9-19)14-21-18(24)22-10-4-6-15(13-22)17-20-12-16-7-2-3-11-23(16)17/h12,15H,2-11,13-14H2,1H3,(H,21,24). The zero-order valence-electron chi connectivity index (χ0n) is 16.1. The van der Waals surface area contributed by atoms with Crippen LogP contribution >= 0.6 is 0 Å². The van der Waals surface area contributed by atoms with Crippen LogP contribution in [0.5, 0.6) is 0 Å². The number of imidazole rings is 1. The fourth-order valence-corrected chi connectivity index (χ4v) is 6.12. The van der Waals surface area contributed by atoms with Crippen LogP contribution in [0.25, 0.3) is 0 Å². The summed E-state index contributed by atoms with van der Waals surface area (Å²) in [5.41, 5.74) is 1.32. The quantitative estimate of drug-likeness (QED) is 0.847. The number of aromatic nitrogens is 2. The zero-order valence-corrected chi connectivity index (χ0v) is 16.9. The molecule has 1 aliphatic carbocycles. The van der Waals surface area contributed by atoms with Crippen LogP contribution in [0.3, 0.4) is 0 Å². The number of fused-ring (bicyclic) bond motifs is 1. The van der Waals surface area contributed by atoms with Crippen LogP contribution in [0.15, 0.2) is 6.20 Å². The molecule has 1 atom stereocenters. The van der Waals surface area contributed by atoms with E-state index in [0.717, 1.165) is 44.6 Å². The number of carbonyl (C=O) groups is 1. The molecule has 2 amide bonds. The van der Waals surface area contributed by atoms with Crippen molar-refractivity contribution < 1.29 is 13.2 Å². The van der Waals surface area contributed by atoms with E-state index in [1.807, 2.05) is 11.1 Å². The van der Waals surface area contributed by atoms with Crippen LogP contribution in [-0.4, -0.2) is 59.5 Å². The Morgan fingerprint density at radius 3 is 2.78 bits per heavy atom. The van der Waals surface area contributed by atoms with Gasteiger partial charge in [0.1, 0.15) is 5.82 Å². The fraction of sp³-hybridized carbons (Fsp3) is 0.789. The number of nitrogens with zero attached hydrogens (tertiary/aromatic N) is 3. The number of sulfone groups is 1. The van der Waals surface area contributed by atoms with Gasteiger partial charge in [-0.05, 0) is 44.9 Å². The molecule has 1 aromatic rings. The fourth-order valence-electron chi connectivity index (χ4n) is 4.76. The van der Waals surface area contributed by atoms with E-state index >= 15 is 0 Å². The molecule has 1 saturated heterocycles. The lowest BCUT2D eigenvalue weighted by Crippen LogP contribution is -2.55. The normalized spacial score (nSPS) is 24.8. The van der Waals surface area contributed by atoms with E-state index in [0.29, 0.717) is 19.4 Å². The summed E-state index contributed by atoms with van der Waals surface area (Å²) in [6.07, 6.45) is 11.0. The lowest BCUT2D eigenvalue weighted by atomic mass is 9.84. The lowest BCUT2D eigenvalue weighted by molar-refractivity contribution is 0.174. The van der Waals surface area contributed by atoms with Crippen molar-refractivity contribution in [2.75, 3.05) is 25.9 Å². The number of likely N-dealkylation sites (tertiary alicyclic amines) is 1. The largest absolute Gasteiger partial charge is 0.336 e. The van der Waals surface area contributed by atoms with Crippen molar-refractivity contribution >= 4 is 15.9 Å². The maximum absolute atomic E-state index is 12.7. The van der Waals surface area contributed by atoms with E-state index in [9.17, 15) is 13.2 Å². The molecule has 0 spiro atoms. The second kappa shape index (κ2) is 7.11. The molecule has 1 saturated carbocycles. The first kappa shape index (κ1) is 18.8. The number of amides is 2. The number of nitrogens with one attached hydrogen (secondary N) is 1. The summed E-state index contributed by atoms with van der Waals surface area (Å²) in [7, 11) is -3.16. The first-order valence-corrected chi connectivity index (χ1v) is 12.1. The molecule has 0 bridgehead atoms. The molecule has 0 aromatic carbocycles. The molecular weight excluding hydrogens is 364 g/mol. The van der Waals surface area contributed by atoms with Gasteiger partial charge in [-0.2, -0.15) is 0 Å². The van der Waals surface area contributed by atoms with Gasteiger partial charge < -0.3 is 14.8 Å². The number of urea groups is 1. The minimum atomic E-state index is -3.16. The maximum Gasteiger partial charge on any atom is 0.317 e. The Hall–Kier alpha value is -1.57. The maximum atomic E-state index is 12.7. The highest BCUT2D eigenvalue weighted by molar-refractivity contribution is 7.92. The van der Waals surface area contributed by atoms with Gasteiger partial charge in [0.2, 0.25) is 0 Å². The van der Waals surface area contributed by atoms with E-state index in [-0.39, 0.29) is 18.5 Å². The van der Waals surface area contributed by atoms with E-state index in [1.165, 1.54) is 24.8 Å². The predicted molar refractivity (Wildman–Crippen MR) is 104 cm³/mol. The smallest absolute Gasteiger partial charge is 0.317 e. The molecule has 4 rings (SSSR count). The Bertz CT molecular complexity index is 813. The van der Waals surface area contributed by atoms with Crippen LogP contribution < -0.4 is 5.32 Å². The van der Waals surface area contributed by atoms with Gasteiger partial charge in [0.05, 0.1) is 4.75 Å². The number of hydrogen-bond donors (Lipinski definition) is 1. The Morgan fingerprint density at radius 2 is 2.07 bits per heavy atom. The number of piperidine rings is 1. The van der Waals surface area contributed by atoms with E-state index < -0.39 is 14.6 Å². The van der Waals surface area contributed by atoms with Crippen molar-refractivity contribution in [1.29, 1.82) is 0 Å². The topological polar surface area (TPSA) is 84.3 Å². The van der Waals surface area contributed by atoms with Crippen LogP contribution in [0.4, 0.5) is 4.79 Å². The second-order valence-corrected chi connectivity index (χ2v) is 10.9. The Morgan fingerprint density at radius 1 is 1.26 bits per heavy atom. The molecule has 27 heavy (non-hydrogen) atoms. The number of carbonyl (C=O) groups excluding carboxylic acids is 1. The molecule has 7 nitrogen and oxygen atoms in total. The summed E-state index contributed by atoms with van der Waals surface area (Å²) in [5, 5.41) is 2.91. The van der Waals surface area contributed by atoms with Gasteiger partial charge in [-0.1, -0.05) is 6.42 Å². The summed E-state index contributed by atoms with van der Waals surface area (Å²) in [6.45, 7) is 2.64. The van der Waals surface area contributed by atoms with Crippen molar-refractivity contribution in [3.8, 4) is 0 Å². The molecule has 150 valence electrons. The predicted octanol–water partition coefficient (Wildman–Crippen LogP) is 2.08. The lowest BCUT2D eigenvalue weighted by Gasteiger charge is -2.41. The van der Waals surface area contributed by atoms with Crippen LogP contribution in [-0.2, 0) is 22.8 Å². The van der Waals surface area contributed by atoms with Crippen molar-refractivity contribution in [3.05, 3.63) is 17.7 Å². The van der Waals surface area contributed by atoms with E-state index in [4.69, 9.17) is 0 Å². The van der Waals surface area contributed by atoms with Crippen LogP contribution in [0.2, 0.25) is 0 Å². The molecule has 3 aliphatic rings. The van der Waals surface area contributed by atoms with Crippen molar-refractivity contribution in [2.45, 2.75) is 68.6 Å². The Kier molecular flexibility index (Phi) is 4.94. The molecule has 2 aliphatic heterocycles. The van der Waals surface area contributed by atoms with Gasteiger partial charge >= 0.3 is 6.03 Å². The third-order valence-corrected chi connectivity index (χ3v) is 8.85. The third kappa shape index (κ3) is 3.48. The second-order valence-electron chi connectivity index (χ2n) is 8.47. The molecule has 2 fully saturated rings. The number of rotatable bonds is 4. The summed E-state index contributed by atoms with van der Waals surface area (Å²) < 4.78 is 25.8. The van der Waals surface area contributed by atoms with E-state index in [1.54, 1.807) is 0 Å². The first-order chi connectivity index (χ1) is 12.9. The van der Waals surface area contributed by atoms with Crippen LogP contribution in [0, 0.1) is 0 Å². The third-order valence-electron chi connectivity index (χ3n) is 6.72. The van der Waals surface area contributed by atoms with Crippen LogP contribution in [0.1, 0.15) is 62.4 Å². The summed E-state index contributed by atoms with van der Waals surface area (Å²) in [6, 6.07) is -0.139. The van der Waals surface area contributed by atoms with Gasteiger partial charge in [-0.25, -0.2) is 18.2 Å². The molecule has 1 N–H and O–H groups in total. The van der Waals surface area contributed by atoms with Gasteiger partial charge in [-0.15, -0.1) is 0 Å². The number of hydrogen-bond acceptors (Lipinski definition) is 4. The molecule has 8 heteroatoms. The summed E-state index contributed by atoms with van der Waals surface area (Å²) in [5.74, 6) is 1.39. The Balaban J connectivity index is 1.40. The zero-order chi connectivity index (χ0) is 19.1. The highest BCUT2D eigenvalue weighted by atomic mass is 32.2. The van der Waals surface area contributed by atoms with Gasteiger partial charge in [-0.3, -0.25) is 0 Å². The average molecular weight is 395 g/mol. The van der Waals surface area contributed by atoms with Crippen molar-refractivity contribution in [3.63, 3.8) is 0 Å². The van der Waals surface area contributed by atoms with Gasteiger partial charge in [0.25, 0.3) is 0 Å².